The number of methoxy groups -OCH3 is 2. The van der Waals surface area contributed by atoms with Gasteiger partial charge in [-0.3, -0.25) is 9.59 Å². The summed E-state index contributed by atoms with van der Waals surface area (Å²) in [4.78, 5) is 27.5. The van der Waals surface area contributed by atoms with Gasteiger partial charge in [0.15, 0.2) is 0 Å². The van der Waals surface area contributed by atoms with Crippen LogP contribution in [0.3, 0.4) is 0 Å². The Hall–Kier alpha value is -4.59. The van der Waals surface area contributed by atoms with Crippen molar-refractivity contribution >= 4 is 23.2 Å². The Bertz CT molecular complexity index is 1410. The van der Waals surface area contributed by atoms with Crippen LogP contribution in [0.25, 0.3) is 16.9 Å². The summed E-state index contributed by atoms with van der Waals surface area (Å²) in [5, 5.41) is 7.70. The fourth-order valence-corrected chi connectivity index (χ4v) is 4.37. The van der Waals surface area contributed by atoms with E-state index in [0.717, 1.165) is 12.1 Å². The molecule has 1 fully saturated rings. The first kappa shape index (κ1) is 23.2. The van der Waals surface area contributed by atoms with Crippen LogP contribution in [0.2, 0.25) is 0 Å². The third-order valence-corrected chi connectivity index (χ3v) is 6.14. The van der Waals surface area contributed by atoms with Gasteiger partial charge in [0.25, 0.3) is 5.91 Å². The maximum absolute atomic E-state index is 13.5. The highest BCUT2D eigenvalue weighted by Crippen LogP contribution is 2.35. The molecule has 0 aliphatic carbocycles. The van der Waals surface area contributed by atoms with E-state index in [1.54, 1.807) is 48.2 Å². The summed E-state index contributed by atoms with van der Waals surface area (Å²) in [6, 6.07) is 22.3. The highest BCUT2D eigenvalue weighted by Gasteiger charge is 2.25. The standard InChI is InChI=1S/C28H26N4O4/c1-35-24-12-7-6-11-21(24)27-22(18-32(30-27)20-9-4-3-5-10-20)28(34)29-19-14-15-23(25(17-19)36-2)31-16-8-13-26(31)33/h3-7,9-12,14-15,17-18H,8,13,16H2,1-2H3,(H,29,34). The molecule has 1 aromatic heterocycles. The van der Waals surface area contributed by atoms with Gasteiger partial charge >= 0.3 is 0 Å². The molecule has 3 aromatic carbocycles. The predicted octanol–water partition coefficient (Wildman–Crippen LogP) is 4.94. The monoisotopic (exact) mass is 482 g/mol. The van der Waals surface area contributed by atoms with Gasteiger partial charge in [-0.2, -0.15) is 5.10 Å². The Kier molecular flexibility index (Phi) is 6.40. The van der Waals surface area contributed by atoms with Crippen molar-refractivity contribution in [2.45, 2.75) is 12.8 Å². The first-order valence-electron chi connectivity index (χ1n) is 11.7. The molecule has 0 atom stereocenters. The van der Waals surface area contributed by atoms with E-state index in [4.69, 9.17) is 14.6 Å². The number of nitrogens with zero attached hydrogens (tertiary/aromatic N) is 3. The van der Waals surface area contributed by atoms with Crippen molar-refractivity contribution in [3.8, 4) is 28.4 Å². The van der Waals surface area contributed by atoms with Crippen molar-refractivity contribution in [3.05, 3.63) is 84.6 Å². The van der Waals surface area contributed by atoms with E-state index in [1.165, 1.54) is 0 Å². The van der Waals surface area contributed by atoms with Crippen LogP contribution in [0.5, 0.6) is 11.5 Å². The molecule has 36 heavy (non-hydrogen) atoms. The maximum Gasteiger partial charge on any atom is 0.259 e. The van der Waals surface area contributed by atoms with Gasteiger partial charge < -0.3 is 19.7 Å². The Morgan fingerprint density at radius 2 is 1.69 bits per heavy atom. The number of anilines is 2. The number of para-hydroxylation sites is 2. The number of nitrogens with one attached hydrogen (secondary N) is 1. The SMILES string of the molecule is COc1ccccc1-c1nn(-c2ccccc2)cc1C(=O)Nc1ccc(N2CCCC2=O)c(OC)c1. The van der Waals surface area contributed by atoms with Gasteiger partial charge in [-0.05, 0) is 42.8 Å². The summed E-state index contributed by atoms with van der Waals surface area (Å²) in [6.07, 6.45) is 3.05. The molecule has 1 N–H and O–H groups in total. The van der Waals surface area contributed by atoms with Crippen LogP contribution in [0.15, 0.2) is 79.0 Å². The highest BCUT2D eigenvalue weighted by molar-refractivity contribution is 6.08. The molecule has 182 valence electrons. The number of hydrogen-bond acceptors (Lipinski definition) is 5. The van der Waals surface area contributed by atoms with Crippen LogP contribution in [0, 0.1) is 0 Å². The molecule has 1 aliphatic rings. The fourth-order valence-electron chi connectivity index (χ4n) is 4.37. The molecule has 0 bridgehead atoms. The molecule has 0 radical (unpaired) electrons. The fraction of sp³-hybridized carbons (Fsp3) is 0.179. The molecule has 2 amide bonds. The Morgan fingerprint density at radius 1 is 0.944 bits per heavy atom. The molecule has 4 aromatic rings. The van der Waals surface area contributed by atoms with Gasteiger partial charge in [0, 0.05) is 36.5 Å². The predicted molar refractivity (Wildman–Crippen MR) is 138 cm³/mol. The first-order valence-corrected chi connectivity index (χ1v) is 11.7. The summed E-state index contributed by atoms with van der Waals surface area (Å²) in [5.41, 5.74) is 3.67. The molecule has 5 rings (SSSR count). The zero-order chi connectivity index (χ0) is 25.1. The topological polar surface area (TPSA) is 85.7 Å². The highest BCUT2D eigenvalue weighted by atomic mass is 16.5. The average Bonchev–Trinajstić information content (AvgIpc) is 3.56. The number of ether oxygens (including phenoxy) is 2. The minimum atomic E-state index is -0.329. The summed E-state index contributed by atoms with van der Waals surface area (Å²) in [5.74, 6) is 0.879. The van der Waals surface area contributed by atoms with E-state index in [0.29, 0.717) is 52.7 Å². The molecular formula is C28H26N4O4. The third kappa shape index (κ3) is 4.40. The second-order valence-electron chi connectivity index (χ2n) is 8.36. The number of amides is 2. The number of rotatable bonds is 7. The Morgan fingerprint density at radius 3 is 2.42 bits per heavy atom. The van der Waals surface area contributed by atoms with Crippen molar-refractivity contribution in [3.63, 3.8) is 0 Å². The molecule has 8 heteroatoms. The van der Waals surface area contributed by atoms with Gasteiger partial charge in [0.2, 0.25) is 5.91 Å². The van der Waals surface area contributed by atoms with Gasteiger partial charge in [-0.25, -0.2) is 4.68 Å². The van der Waals surface area contributed by atoms with Crippen LogP contribution in [-0.4, -0.2) is 42.4 Å². The van der Waals surface area contributed by atoms with E-state index < -0.39 is 0 Å². The average molecular weight is 483 g/mol. The van der Waals surface area contributed by atoms with Crippen molar-refractivity contribution < 1.29 is 19.1 Å². The Balaban J connectivity index is 1.51. The lowest BCUT2D eigenvalue weighted by molar-refractivity contribution is -0.117. The van der Waals surface area contributed by atoms with Gasteiger partial charge in [-0.15, -0.1) is 0 Å². The second kappa shape index (κ2) is 9.95. The number of carbonyl (C=O) groups is 2. The molecule has 0 spiro atoms. The smallest absolute Gasteiger partial charge is 0.259 e. The van der Waals surface area contributed by atoms with Crippen LogP contribution in [-0.2, 0) is 4.79 Å². The van der Waals surface area contributed by atoms with Crippen molar-refractivity contribution in [1.29, 1.82) is 0 Å². The minimum absolute atomic E-state index is 0.0693. The molecule has 1 saturated heterocycles. The van der Waals surface area contributed by atoms with E-state index in [1.807, 2.05) is 54.6 Å². The zero-order valence-corrected chi connectivity index (χ0v) is 20.1. The number of benzene rings is 3. The third-order valence-electron chi connectivity index (χ3n) is 6.14. The number of aromatic nitrogens is 2. The normalized spacial score (nSPS) is 13.1. The molecular weight excluding hydrogens is 456 g/mol. The second-order valence-corrected chi connectivity index (χ2v) is 8.36. The molecule has 0 saturated carbocycles. The molecule has 2 heterocycles. The summed E-state index contributed by atoms with van der Waals surface area (Å²) >= 11 is 0. The Labute approximate surface area is 209 Å². The quantitative estimate of drug-likeness (QED) is 0.404. The van der Waals surface area contributed by atoms with Gasteiger partial charge in [-0.1, -0.05) is 30.3 Å². The summed E-state index contributed by atoms with van der Waals surface area (Å²) < 4.78 is 12.8. The van der Waals surface area contributed by atoms with Crippen molar-refractivity contribution in [2.75, 3.05) is 31.0 Å². The van der Waals surface area contributed by atoms with Crippen LogP contribution < -0.4 is 19.7 Å². The molecule has 1 aliphatic heterocycles. The van der Waals surface area contributed by atoms with E-state index in [2.05, 4.69) is 5.32 Å². The van der Waals surface area contributed by atoms with Crippen LogP contribution in [0.1, 0.15) is 23.2 Å². The van der Waals surface area contributed by atoms with Gasteiger partial charge in [0.1, 0.15) is 17.2 Å². The lowest BCUT2D eigenvalue weighted by atomic mass is 10.1. The molecule has 0 unspecified atom stereocenters. The van der Waals surface area contributed by atoms with Gasteiger partial charge in [0.05, 0.1) is 31.2 Å². The number of carbonyl (C=O) groups excluding carboxylic acids is 2. The largest absolute Gasteiger partial charge is 0.496 e. The summed E-state index contributed by atoms with van der Waals surface area (Å²) in [7, 11) is 3.14. The lowest BCUT2D eigenvalue weighted by Crippen LogP contribution is -2.24. The first-order chi connectivity index (χ1) is 17.6. The van der Waals surface area contributed by atoms with Crippen molar-refractivity contribution in [1.82, 2.24) is 9.78 Å². The van der Waals surface area contributed by atoms with E-state index >= 15 is 0 Å². The minimum Gasteiger partial charge on any atom is -0.496 e. The van der Waals surface area contributed by atoms with E-state index in [9.17, 15) is 9.59 Å². The lowest BCUT2D eigenvalue weighted by Gasteiger charge is -2.19. The summed E-state index contributed by atoms with van der Waals surface area (Å²) in [6.45, 7) is 0.655. The van der Waals surface area contributed by atoms with E-state index in [-0.39, 0.29) is 11.8 Å². The number of hydrogen-bond donors (Lipinski definition) is 1. The zero-order valence-electron chi connectivity index (χ0n) is 20.1. The maximum atomic E-state index is 13.5. The van der Waals surface area contributed by atoms with Crippen molar-refractivity contribution in [2.24, 2.45) is 0 Å². The molecule has 8 nitrogen and oxygen atoms in total. The van der Waals surface area contributed by atoms with Crippen LogP contribution in [0.4, 0.5) is 11.4 Å². The van der Waals surface area contributed by atoms with Crippen LogP contribution >= 0.6 is 0 Å².